The normalized spacial score (nSPS) is 21.2. The number of isocyanates is 1. The summed E-state index contributed by atoms with van der Waals surface area (Å²) in [7, 11) is 0. The van der Waals surface area contributed by atoms with Crippen LogP contribution in [-0.4, -0.2) is 30.9 Å². The number of nitrogens with zero attached hydrogens (tertiary/aromatic N) is 1. The second-order valence-electron chi connectivity index (χ2n) is 4.90. The second-order valence-corrected chi connectivity index (χ2v) is 4.90. The van der Waals surface area contributed by atoms with Crippen LogP contribution in [0.2, 0.25) is 0 Å². The molecule has 1 aromatic rings. The lowest BCUT2D eigenvalue weighted by Crippen LogP contribution is -2.47. The SMILES string of the molecule is CC(=O)OC[C@H]1CCC[C@H](Oc2ccc(N=C=O)cc2)N1. The third-order valence-electron chi connectivity index (χ3n) is 3.22. The molecule has 0 amide bonds. The predicted molar refractivity (Wildman–Crippen MR) is 76.0 cm³/mol. The van der Waals surface area contributed by atoms with E-state index in [9.17, 15) is 9.59 Å². The fourth-order valence-corrected chi connectivity index (χ4v) is 2.24. The molecule has 1 saturated heterocycles. The van der Waals surface area contributed by atoms with E-state index < -0.39 is 0 Å². The van der Waals surface area contributed by atoms with Crippen LogP contribution in [0.4, 0.5) is 5.69 Å². The minimum atomic E-state index is -0.272. The van der Waals surface area contributed by atoms with Crippen molar-refractivity contribution in [2.45, 2.75) is 38.5 Å². The van der Waals surface area contributed by atoms with Crippen LogP contribution in [0.1, 0.15) is 26.2 Å². The summed E-state index contributed by atoms with van der Waals surface area (Å²) in [6.45, 7) is 1.77. The molecule has 0 spiro atoms. The van der Waals surface area contributed by atoms with Gasteiger partial charge in [0.05, 0.1) is 5.69 Å². The molecule has 1 aromatic carbocycles. The van der Waals surface area contributed by atoms with E-state index in [1.165, 1.54) is 13.0 Å². The standard InChI is InChI=1S/C15H18N2O4/c1-11(19)20-9-13-3-2-4-15(17-13)21-14-7-5-12(6-8-14)16-10-18/h5-8,13,15,17H,2-4,9H2,1H3/t13-,15+/m1/s1. The fourth-order valence-electron chi connectivity index (χ4n) is 2.24. The first-order valence-electron chi connectivity index (χ1n) is 6.91. The monoisotopic (exact) mass is 290 g/mol. The molecule has 0 aromatic heterocycles. The third kappa shape index (κ3) is 5.02. The maximum Gasteiger partial charge on any atom is 0.302 e. The molecule has 6 nitrogen and oxygen atoms in total. The van der Waals surface area contributed by atoms with Crippen LogP contribution in [0.25, 0.3) is 0 Å². The quantitative estimate of drug-likeness (QED) is 0.510. The Bertz CT molecular complexity index is 523. The highest BCUT2D eigenvalue weighted by molar-refractivity contribution is 5.65. The van der Waals surface area contributed by atoms with E-state index in [2.05, 4.69) is 10.3 Å². The summed E-state index contributed by atoms with van der Waals surface area (Å²) < 4.78 is 10.9. The van der Waals surface area contributed by atoms with Crippen molar-refractivity contribution in [2.75, 3.05) is 6.61 Å². The number of nitrogens with one attached hydrogen (secondary N) is 1. The van der Waals surface area contributed by atoms with Crippen molar-refractivity contribution in [1.82, 2.24) is 5.32 Å². The minimum absolute atomic E-state index is 0.111. The smallest absolute Gasteiger partial charge is 0.302 e. The number of esters is 1. The lowest BCUT2D eigenvalue weighted by atomic mass is 10.0. The molecule has 0 saturated carbocycles. The first-order chi connectivity index (χ1) is 10.2. The Balaban J connectivity index is 1.86. The van der Waals surface area contributed by atoms with E-state index >= 15 is 0 Å². The molecule has 0 unspecified atom stereocenters. The van der Waals surface area contributed by atoms with E-state index in [1.54, 1.807) is 24.3 Å². The Morgan fingerprint density at radius 3 is 2.81 bits per heavy atom. The molecule has 1 aliphatic rings. The number of hydrogen-bond acceptors (Lipinski definition) is 6. The Hall–Kier alpha value is -2.17. The first kappa shape index (κ1) is 15.2. The van der Waals surface area contributed by atoms with Crippen LogP contribution in [0.15, 0.2) is 29.3 Å². The summed E-state index contributed by atoms with van der Waals surface area (Å²) in [5, 5.41) is 3.31. The van der Waals surface area contributed by atoms with Gasteiger partial charge in [-0.25, -0.2) is 4.79 Å². The van der Waals surface area contributed by atoms with Gasteiger partial charge in [0.15, 0.2) is 6.23 Å². The van der Waals surface area contributed by atoms with E-state index in [0.29, 0.717) is 18.0 Å². The van der Waals surface area contributed by atoms with Crippen LogP contribution < -0.4 is 10.1 Å². The largest absolute Gasteiger partial charge is 0.475 e. The van der Waals surface area contributed by atoms with Crippen molar-refractivity contribution in [3.63, 3.8) is 0 Å². The Morgan fingerprint density at radius 1 is 1.38 bits per heavy atom. The van der Waals surface area contributed by atoms with Gasteiger partial charge in [-0.2, -0.15) is 4.99 Å². The Kier molecular flexibility index (Phi) is 5.49. The van der Waals surface area contributed by atoms with Gasteiger partial charge in [-0.05, 0) is 43.5 Å². The van der Waals surface area contributed by atoms with Crippen molar-refractivity contribution >= 4 is 17.7 Å². The molecule has 0 radical (unpaired) electrons. The molecule has 0 bridgehead atoms. The van der Waals surface area contributed by atoms with E-state index in [-0.39, 0.29) is 18.2 Å². The fraction of sp³-hybridized carbons (Fsp3) is 0.467. The molecule has 6 heteroatoms. The van der Waals surface area contributed by atoms with Gasteiger partial charge >= 0.3 is 5.97 Å². The van der Waals surface area contributed by atoms with Gasteiger partial charge in [0.1, 0.15) is 12.4 Å². The van der Waals surface area contributed by atoms with Crippen LogP contribution in [0, 0.1) is 0 Å². The summed E-state index contributed by atoms with van der Waals surface area (Å²) in [5.41, 5.74) is 0.543. The number of rotatable bonds is 5. The zero-order valence-electron chi connectivity index (χ0n) is 11.9. The molecular formula is C15H18N2O4. The maximum atomic E-state index is 10.8. The first-order valence-corrected chi connectivity index (χ1v) is 6.91. The lowest BCUT2D eigenvalue weighted by molar-refractivity contribution is -0.142. The summed E-state index contributed by atoms with van der Waals surface area (Å²) in [6, 6.07) is 7.02. The maximum absolute atomic E-state index is 10.8. The van der Waals surface area contributed by atoms with Gasteiger partial charge in [-0.1, -0.05) is 0 Å². The molecule has 2 rings (SSSR count). The number of piperidine rings is 1. The van der Waals surface area contributed by atoms with E-state index in [4.69, 9.17) is 9.47 Å². The Morgan fingerprint density at radius 2 is 2.14 bits per heavy atom. The molecule has 21 heavy (non-hydrogen) atoms. The van der Waals surface area contributed by atoms with Gasteiger partial charge < -0.3 is 9.47 Å². The molecule has 0 aliphatic carbocycles. The molecule has 1 fully saturated rings. The van der Waals surface area contributed by atoms with Gasteiger partial charge in [0.2, 0.25) is 6.08 Å². The van der Waals surface area contributed by atoms with Crippen LogP contribution >= 0.6 is 0 Å². The van der Waals surface area contributed by atoms with Crippen molar-refractivity contribution < 1.29 is 19.1 Å². The molecular weight excluding hydrogens is 272 g/mol. The van der Waals surface area contributed by atoms with E-state index in [0.717, 1.165) is 19.3 Å². The molecule has 112 valence electrons. The number of carbonyl (C=O) groups is 1. The highest BCUT2D eigenvalue weighted by Gasteiger charge is 2.22. The van der Waals surface area contributed by atoms with Gasteiger partial charge in [-0.15, -0.1) is 0 Å². The second kappa shape index (κ2) is 7.57. The summed E-state index contributed by atoms with van der Waals surface area (Å²) in [6.07, 6.45) is 4.25. The van der Waals surface area contributed by atoms with Gasteiger partial charge in [0, 0.05) is 13.0 Å². The zero-order chi connectivity index (χ0) is 15.1. The van der Waals surface area contributed by atoms with Gasteiger partial charge in [-0.3, -0.25) is 10.1 Å². The Labute approximate surface area is 123 Å². The predicted octanol–water partition coefficient (Wildman–Crippen LogP) is 2.06. The lowest BCUT2D eigenvalue weighted by Gasteiger charge is -2.30. The summed E-state index contributed by atoms with van der Waals surface area (Å²) >= 11 is 0. The average molecular weight is 290 g/mol. The number of carbonyl (C=O) groups excluding carboxylic acids is 2. The van der Waals surface area contributed by atoms with Crippen molar-refractivity contribution in [3.05, 3.63) is 24.3 Å². The topological polar surface area (TPSA) is 77.0 Å². The van der Waals surface area contributed by atoms with Crippen molar-refractivity contribution in [3.8, 4) is 5.75 Å². The highest BCUT2D eigenvalue weighted by atomic mass is 16.5. The number of hydrogen-bond donors (Lipinski definition) is 1. The number of ether oxygens (including phenoxy) is 2. The van der Waals surface area contributed by atoms with Gasteiger partial charge in [0.25, 0.3) is 0 Å². The molecule has 1 heterocycles. The number of benzene rings is 1. The van der Waals surface area contributed by atoms with E-state index in [1.807, 2.05) is 0 Å². The minimum Gasteiger partial charge on any atom is -0.475 e. The summed E-state index contributed by atoms with van der Waals surface area (Å²) in [4.78, 5) is 24.5. The summed E-state index contributed by atoms with van der Waals surface area (Å²) in [5.74, 6) is 0.427. The molecule has 1 aliphatic heterocycles. The average Bonchev–Trinajstić information content (AvgIpc) is 2.48. The van der Waals surface area contributed by atoms with Crippen LogP contribution in [0.3, 0.4) is 0 Å². The zero-order valence-corrected chi connectivity index (χ0v) is 11.9. The molecule has 1 N–H and O–H groups in total. The third-order valence-corrected chi connectivity index (χ3v) is 3.22. The van der Waals surface area contributed by atoms with Crippen LogP contribution in [-0.2, 0) is 14.3 Å². The highest BCUT2D eigenvalue weighted by Crippen LogP contribution is 2.21. The number of aliphatic imine (C=N–C) groups is 1. The van der Waals surface area contributed by atoms with Crippen LogP contribution in [0.5, 0.6) is 5.75 Å². The molecule has 2 atom stereocenters. The van der Waals surface area contributed by atoms with Crippen molar-refractivity contribution in [1.29, 1.82) is 0 Å². The van der Waals surface area contributed by atoms with Crippen molar-refractivity contribution in [2.24, 2.45) is 4.99 Å².